The number of likely N-dealkylation sites (tertiary alicyclic amines) is 1. The minimum Gasteiger partial charge on any atom is -0.352 e. The number of amides is 1. The van der Waals surface area contributed by atoms with Gasteiger partial charge in [-0.15, -0.1) is 0 Å². The molecule has 1 aliphatic rings. The van der Waals surface area contributed by atoms with Crippen LogP contribution in [0.5, 0.6) is 0 Å². The third-order valence-electron chi connectivity index (χ3n) is 3.74. The lowest BCUT2D eigenvalue weighted by atomic mass is 10.1. The zero-order valence-corrected chi connectivity index (χ0v) is 11.2. The normalized spacial score (nSPS) is 21.8. The standard InChI is InChI=1S/C15H22N2O/c1-3-15(18)16-14-9-10-17(11-14)12(2)13-7-5-4-6-8-13/h4-8,12,14H,3,9-11H2,1-2H3,(H,16,18)/t12-,14+/m0/s1. The van der Waals surface area contributed by atoms with E-state index in [4.69, 9.17) is 0 Å². The third kappa shape index (κ3) is 3.10. The molecule has 2 atom stereocenters. The molecule has 18 heavy (non-hydrogen) atoms. The molecule has 1 amide bonds. The van der Waals surface area contributed by atoms with Crippen molar-refractivity contribution in [1.29, 1.82) is 0 Å². The number of benzene rings is 1. The van der Waals surface area contributed by atoms with Gasteiger partial charge >= 0.3 is 0 Å². The zero-order chi connectivity index (χ0) is 13.0. The van der Waals surface area contributed by atoms with E-state index in [1.807, 2.05) is 13.0 Å². The van der Waals surface area contributed by atoms with E-state index >= 15 is 0 Å². The number of hydrogen-bond donors (Lipinski definition) is 1. The Labute approximate surface area is 109 Å². The van der Waals surface area contributed by atoms with E-state index < -0.39 is 0 Å². The summed E-state index contributed by atoms with van der Waals surface area (Å²) in [6.07, 6.45) is 1.63. The summed E-state index contributed by atoms with van der Waals surface area (Å²) in [7, 11) is 0. The number of nitrogens with one attached hydrogen (secondary N) is 1. The van der Waals surface area contributed by atoms with Crippen LogP contribution in [0.1, 0.15) is 38.3 Å². The Hall–Kier alpha value is -1.35. The van der Waals surface area contributed by atoms with Crippen LogP contribution in [-0.2, 0) is 4.79 Å². The lowest BCUT2D eigenvalue weighted by Crippen LogP contribution is -2.37. The van der Waals surface area contributed by atoms with Gasteiger partial charge in [0.1, 0.15) is 0 Å². The first-order valence-electron chi connectivity index (χ1n) is 6.79. The van der Waals surface area contributed by atoms with Gasteiger partial charge in [0.05, 0.1) is 0 Å². The van der Waals surface area contributed by atoms with Crippen molar-refractivity contribution in [3.05, 3.63) is 35.9 Å². The molecular formula is C15H22N2O. The summed E-state index contributed by atoms with van der Waals surface area (Å²) in [5.74, 6) is 0.161. The summed E-state index contributed by atoms with van der Waals surface area (Å²) >= 11 is 0. The van der Waals surface area contributed by atoms with E-state index in [9.17, 15) is 4.79 Å². The molecule has 0 bridgehead atoms. The van der Waals surface area contributed by atoms with Crippen LogP contribution < -0.4 is 5.32 Å². The molecule has 1 aromatic carbocycles. The van der Waals surface area contributed by atoms with Crippen molar-refractivity contribution in [2.75, 3.05) is 13.1 Å². The zero-order valence-electron chi connectivity index (χ0n) is 11.2. The maximum Gasteiger partial charge on any atom is 0.219 e. The number of nitrogens with zero attached hydrogens (tertiary/aromatic N) is 1. The fraction of sp³-hybridized carbons (Fsp3) is 0.533. The molecule has 1 aliphatic heterocycles. The van der Waals surface area contributed by atoms with E-state index in [1.54, 1.807) is 0 Å². The Morgan fingerprint density at radius 2 is 2.17 bits per heavy atom. The molecule has 1 N–H and O–H groups in total. The third-order valence-corrected chi connectivity index (χ3v) is 3.74. The fourth-order valence-electron chi connectivity index (χ4n) is 2.53. The van der Waals surface area contributed by atoms with Crippen LogP contribution in [0.15, 0.2) is 30.3 Å². The smallest absolute Gasteiger partial charge is 0.219 e. The fourth-order valence-corrected chi connectivity index (χ4v) is 2.53. The van der Waals surface area contributed by atoms with Gasteiger partial charge < -0.3 is 5.32 Å². The van der Waals surface area contributed by atoms with Crippen molar-refractivity contribution in [2.24, 2.45) is 0 Å². The molecule has 2 rings (SSSR count). The maximum atomic E-state index is 11.4. The minimum atomic E-state index is 0.161. The second kappa shape index (κ2) is 6.01. The largest absolute Gasteiger partial charge is 0.352 e. The molecule has 3 heteroatoms. The van der Waals surface area contributed by atoms with Crippen molar-refractivity contribution < 1.29 is 4.79 Å². The highest BCUT2D eigenvalue weighted by Crippen LogP contribution is 2.24. The van der Waals surface area contributed by atoms with E-state index in [0.29, 0.717) is 18.5 Å². The molecule has 1 aromatic rings. The highest BCUT2D eigenvalue weighted by atomic mass is 16.1. The topological polar surface area (TPSA) is 32.3 Å². The number of carbonyl (C=O) groups excluding carboxylic acids is 1. The van der Waals surface area contributed by atoms with E-state index in [1.165, 1.54) is 5.56 Å². The molecule has 98 valence electrons. The quantitative estimate of drug-likeness (QED) is 0.884. The molecule has 1 heterocycles. The molecule has 0 radical (unpaired) electrons. The van der Waals surface area contributed by atoms with Crippen LogP contribution in [0.25, 0.3) is 0 Å². The summed E-state index contributed by atoms with van der Waals surface area (Å²) in [6.45, 7) is 6.15. The van der Waals surface area contributed by atoms with E-state index in [-0.39, 0.29) is 5.91 Å². The molecule has 3 nitrogen and oxygen atoms in total. The Bertz CT molecular complexity index is 391. The van der Waals surface area contributed by atoms with Gasteiger partial charge in [0.2, 0.25) is 5.91 Å². The Balaban J connectivity index is 1.91. The second-order valence-corrected chi connectivity index (χ2v) is 4.99. The Morgan fingerprint density at radius 3 is 2.83 bits per heavy atom. The lowest BCUT2D eigenvalue weighted by molar-refractivity contribution is -0.121. The summed E-state index contributed by atoms with van der Waals surface area (Å²) in [4.78, 5) is 13.8. The molecule has 1 saturated heterocycles. The highest BCUT2D eigenvalue weighted by molar-refractivity contribution is 5.75. The van der Waals surface area contributed by atoms with Crippen LogP contribution in [0.4, 0.5) is 0 Å². The lowest BCUT2D eigenvalue weighted by Gasteiger charge is -2.24. The first-order valence-corrected chi connectivity index (χ1v) is 6.79. The second-order valence-electron chi connectivity index (χ2n) is 4.99. The van der Waals surface area contributed by atoms with Gasteiger partial charge in [-0.1, -0.05) is 37.3 Å². The predicted molar refractivity (Wildman–Crippen MR) is 73.3 cm³/mol. The van der Waals surface area contributed by atoms with Gasteiger partial charge in [-0.3, -0.25) is 9.69 Å². The van der Waals surface area contributed by atoms with Crippen LogP contribution in [0, 0.1) is 0 Å². The van der Waals surface area contributed by atoms with Gasteiger partial charge in [-0.05, 0) is 18.9 Å². The molecule has 1 fully saturated rings. The van der Waals surface area contributed by atoms with Gasteiger partial charge in [0, 0.05) is 31.6 Å². The first kappa shape index (κ1) is 13.1. The van der Waals surface area contributed by atoms with E-state index in [0.717, 1.165) is 19.5 Å². The van der Waals surface area contributed by atoms with Crippen LogP contribution in [0.3, 0.4) is 0 Å². The first-order chi connectivity index (χ1) is 8.70. The van der Waals surface area contributed by atoms with Crippen LogP contribution >= 0.6 is 0 Å². The maximum absolute atomic E-state index is 11.4. The van der Waals surface area contributed by atoms with Gasteiger partial charge in [0.15, 0.2) is 0 Å². The van der Waals surface area contributed by atoms with Gasteiger partial charge in [-0.2, -0.15) is 0 Å². The monoisotopic (exact) mass is 246 g/mol. The molecule has 0 unspecified atom stereocenters. The molecule has 0 spiro atoms. The van der Waals surface area contributed by atoms with Gasteiger partial charge in [-0.25, -0.2) is 0 Å². The summed E-state index contributed by atoms with van der Waals surface area (Å²) < 4.78 is 0. The number of hydrogen-bond acceptors (Lipinski definition) is 2. The van der Waals surface area contributed by atoms with Crippen molar-refractivity contribution in [3.63, 3.8) is 0 Å². The van der Waals surface area contributed by atoms with Crippen molar-refractivity contribution in [2.45, 2.75) is 38.8 Å². The predicted octanol–water partition coefficient (Wildman–Crippen LogP) is 2.35. The van der Waals surface area contributed by atoms with Crippen LogP contribution in [0.2, 0.25) is 0 Å². The van der Waals surface area contributed by atoms with E-state index in [2.05, 4.69) is 41.4 Å². The summed E-state index contributed by atoms with van der Waals surface area (Å²) in [5.41, 5.74) is 1.35. The molecule has 0 aliphatic carbocycles. The Kier molecular flexibility index (Phi) is 4.37. The molecular weight excluding hydrogens is 224 g/mol. The van der Waals surface area contributed by atoms with Crippen molar-refractivity contribution >= 4 is 5.91 Å². The van der Waals surface area contributed by atoms with Crippen molar-refractivity contribution in [3.8, 4) is 0 Å². The molecule has 0 aromatic heterocycles. The Morgan fingerprint density at radius 1 is 1.44 bits per heavy atom. The van der Waals surface area contributed by atoms with Gasteiger partial charge in [0.25, 0.3) is 0 Å². The summed E-state index contributed by atoms with van der Waals surface area (Å²) in [5, 5.41) is 3.08. The SMILES string of the molecule is CCC(=O)N[C@@H]1CCN([C@@H](C)c2ccccc2)C1. The average Bonchev–Trinajstić information content (AvgIpc) is 2.87. The number of carbonyl (C=O) groups is 1. The van der Waals surface area contributed by atoms with Crippen molar-refractivity contribution in [1.82, 2.24) is 10.2 Å². The summed E-state index contributed by atoms with van der Waals surface area (Å²) in [6, 6.07) is 11.3. The van der Waals surface area contributed by atoms with Crippen LogP contribution in [-0.4, -0.2) is 29.9 Å². The minimum absolute atomic E-state index is 0.161. The molecule has 0 saturated carbocycles. The highest BCUT2D eigenvalue weighted by Gasteiger charge is 2.27. The average molecular weight is 246 g/mol. The number of rotatable bonds is 4.